The van der Waals surface area contributed by atoms with Crippen molar-refractivity contribution < 1.29 is 22.3 Å². The Labute approximate surface area is 155 Å². The lowest BCUT2D eigenvalue weighted by molar-refractivity contribution is 0.273. The maximum Gasteiger partial charge on any atom is 0.191 e. The molecule has 0 amide bonds. The molecule has 0 heterocycles. The molecule has 0 aromatic heterocycles. The molecule has 0 saturated heterocycles. The van der Waals surface area contributed by atoms with Gasteiger partial charge in [-0.15, -0.1) is 0 Å². The van der Waals surface area contributed by atoms with Gasteiger partial charge < -0.3 is 4.74 Å². The van der Waals surface area contributed by atoms with E-state index in [2.05, 4.69) is 6.92 Å². The summed E-state index contributed by atoms with van der Waals surface area (Å²) in [6, 6.07) is 13.0. The Morgan fingerprint density at radius 1 is 0.667 bits per heavy atom. The third kappa shape index (κ3) is 4.48. The van der Waals surface area contributed by atoms with E-state index in [0.717, 1.165) is 30.5 Å². The Kier molecular flexibility index (Phi) is 5.79. The Balaban J connectivity index is 1.78. The summed E-state index contributed by atoms with van der Waals surface area (Å²) in [6.45, 7) is 1.80. The van der Waals surface area contributed by atoms with Crippen molar-refractivity contribution in [3.05, 3.63) is 89.0 Å². The summed E-state index contributed by atoms with van der Waals surface area (Å²) in [5.41, 5.74) is 2.52. The zero-order chi connectivity index (χ0) is 19.4. The van der Waals surface area contributed by atoms with Crippen LogP contribution in [0.5, 0.6) is 5.75 Å². The van der Waals surface area contributed by atoms with E-state index in [1.807, 2.05) is 24.3 Å². The summed E-state index contributed by atoms with van der Waals surface area (Å²) in [7, 11) is 0. The minimum atomic E-state index is -1.04. The minimum absolute atomic E-state index is 0.267. The Morgan fingerprint density at radius 2 is 1.30 bits per heavy atom. The van der Waals surface area contributed by atoms with Crippen molar-refractivity contribution in [3.8, 4) is 16.9 Å². The highest BCUT2D eigenvalue weighted by Gasteiger charge is 2.14. The first-order valence-corrected chi connectivity index (χ1v) is 8.63. The molecule has 3 aromatic carbocycles. The number of hydrogen-bond donors (Lipinski definition) is 0. The molecule has 0 bridgehead atoms. The third-order valence-electron chi connectivity index (χ3n) is 4.19. The average Bonchev–Trinajstić information content (AvgIpc) is 2.64. The standard InChI is InChI=1S/C22H18F4O/c1-2-3-14-4-7-16(8-5-14)17-11-20(25)22(21(26)12-17)27-13-15-6-9-18(23)19(24)10-15/h4-12H,2-3,13H2,1H3. The third-order valence-corrected chi connectivity index (χ3v) is 4.19. The molecule has 0 saturated carbocycles. The van der Waals surface area contributed by atoms with Crippen molar-refractivity contribution in [1.82, 2.24) is 0 Å². The summed E-state index contributed by atoms with van der Waals surface area (Å²) in [4.78, 5) is 0. The number of rotatable bonds is 6. The van der Waals surface area contributed by atoms with E-state index < -0.39 is 29.0 Å². The molecular formula is C22H18F4O. The lowest BCUT2D eigenvalue weighted by Gasteiger charge is -2.11. The van der Waals surface area contributed by atoms with E-state index in [0.29, 0.717) is 11.1 Å². The monoisotopic (exact) mass is 374 g/mol. The number of ether oxygens (including phenoxy) is 1. The summed E-state index contributed by atoms with van der Waals surface area (Å²) < 4.78 is 60.0. The molecule has 5 heteroatoms. The first-order valence-electron chi connectivity index (χ1n) is 8.63. The van der Waals surface area contributed by atoms with Crippen LogP contribution in [0.3, 0.4) is 0 Å². The second-order valence-electron chi connectivity index (χ2n) is 6.25. The van der Waals surface area contributed by atoms with E-state index in [-0.39, 0.29) is 12.2 Å². The summed E-state index contributed by atoms with van der Waals surface area (Å²) in [5, 5.41) is 0. The van der Waals surface area contributed by atoms with Crippen LogP contribution >= 0.6 is 0 Å². The first kappa shape index (κ1) is 19.0. The zero-order valence-corrected chi connectivity index (χ0v) is 14.7. The molecule has 0 fully saturated rings. The normalized spacial score (nSPS) is 10.9. The molecule has 1 nitrogen and oxygen atoms in total. The second kappa shape index (κ2) is 8.25. The van der Waals surface area contributed by atoms with E-state index in [4.69, 9.17) is 4.74 Å². The van der Waals surface area contributed by atoms with Gasteiger partial charge in [-0.05, 0) is 52.9 Å². The van der Waals surface area contributed by atoms with Gasteiger partial charge in [0.2, 0.25) is 0 Å². The molecule has 3 rings (SSSR count). The molecule has 27 heavy (non-hydrogen) atoms. The lowest BCUT2D eigenvalue weighted by Crippen LogP contribution is -2.01. The van der Waals surface area contributed by atoms with Crippen molar-refractivity contribution in [3.63, 3.8) is 0 Å². The smallest absolute Gasteiger partial charge is 0.191 e. The molecule has 0 radical (unpaired) electrons. The molecule has 0 aliphatic carbocycles. The molecule has 0 N–H and O–H groups in total. The van der Waals surface area contributed by atoms with Crippen molar-refractivity contribution in [2.45, 2.75) is 26.4 Å². The Hall–Kier alpha value is -2.82. The molecule has 3 aromatic rings. The van der Waals surface area contributed by atoms with Gasteiger partial charge in [-0.2, -0.15) is 0 Å². The highest BCUT2D eigenvalue weighted by Crippen LogP contribution is 2.30. The van der Waals surface area contributed by atoms with Crippen molar-refractivity contribution in [2.24, 2.45) is 0 Å². The molecule has 0 aliphatic heterocycles. The van der Waals surface area contributed by atoms with E-state index >= 15 is 0 Å². The van der Waals surface area contributed by atoms with Gasteiger partial charge in [0.05, 0.1) is 0 Å². The van der Waals surface area contributed by atoms with Gasteiger partial charge in [-0.1, -0.05) is 43.7 Å². The molecule has 0 atom stereocenters. The Bertz CT molecular complexity index is 913. The van der Waals surface area contributed by atoms with E-state index in [1.54, 1.807) is 0 Å². The first-order chi connectivity index (χ1) is 13.0. The maximum atomic E-state index is 14.3. The number of hydrogen-bond acceptors (Lipinski definition) is 1. The van der Waals surface area contributed by atoms with E-state index in [1.165, 1.54) is 18.2 Å². The average molecular weight is 374 g/mol. The molecule has 0 aliphatic rings. The predicted octanol–water partition coefficient (Wildman–Crippen LogP) is 6.44. The fourth-order valence-electron chi connectivity index (χ4n) is 2.80. The van der Waals surface area contributed by atoms with Crippen molar-refractivity contribution in [2.75, 3.05) is 0 Å². The number of aryl methyl sites for hydroxylation is 1. The van der Waals surface area contributed by atoms with Crippen molar-refractivity contribution >= 4 is 0 Å². The van der Waals surface area contributed by atoms with Crippen LogP contribution in [0.2, 0.25) is 0 Å². The highest BCUT2D eigenvalue weighted by atomic mass is 19.2. The van der Waals surface area contributed by atoms with Gasteiger partial charge >= 0.3 is 0 Å². The van der Waals surface area contributed by atoms with Crippen LogP contribution in [0.15, 0.2) is 54.6 Å². The fourth-order valence-corrected chi connectivity index (χ4v) is 2.80. The predicted molar refractivity (Wildman–Crippen MR) is 96.5 cm³/mol. The summed E-state index contributed by atoms with van der Waals surface area (Å²) in [6.07, 6.45) is 1.96. The van der Waals surface area contributed by atoms with E-state index in [9.17, 15) is 17.6 Å². The van der Waals surface area contributed by atoms with Gasteiger partial charge in [-0.3, -0.25) is 0 Å². The van der Waals surface area contributed by atoms with Gasteiger partial charge in [0, 0.05) is 0 Å². The molecule has 0 unspecified atom stereocenters. The SMILES string of the molecule is CCCc1ccc(-c2cc(F)c(OCc3ccc(F)c(F)c3)c(F)c2)cc1. The summed E-state index contributed by atoms with van der Waals surface area (Å²) in [5.74, 6) is -4.30. The minimum Gasteiger partial charge on any atom is -0.483 e. The van der Waals surface area contributed by atoms with Crippen LogP contribution in [0.4, 0.5) is 17.6 Å². The largest absolute Gasteiger partial charge is 0.483 e. The second-order valence-corrected chi connectivity index (χ2v) is 6.25. The fraction of sp³-hybridized carbons (Fsp3) is 0.182. The maximum absolute atomic E-state index is 14.3. The van der Waals surface area contributed by atoms with Crippen molar-refractivity contribution in [1.29, 1.82) is 0 Å². The summed E-state index contributed by atoms with van der Waals surface area (Å²) >= 11 is 0. The molecule has 140 valence electrons. The van der Waals surface area contributed by atoms with Crippen LogP contribution in [0.25, 0.3) is 11.1 Å². The van der Waals surface area contributed by atoms with Gasteiger partial charge in [-0.25, -0.2) is 17.6 Å². The quantitative estimate of drug-likeness (QED) is 0.451. The van der Waals surface area contributed by atoms with Gasteiger partial charge in [0.15, 0.2) is 29.0 Å². The van der Waals surface area contributed by atoms with Crippen LogP contribution in [-0.2, 0) is 13.0 Å². The van der Waals surface area contributed by atoms with Gasteiger partial charge in [0.25, 0.3) is 0 Å². The number of benzene rings is 3. The Morgan fingerprint density at radius 3 is 1.89 bits per heavy atom. The molecule has 0 spiro atoms. The van der Waals surface area contributed by atoms with Crippen LogP contribution in [-0.4, -0.2) is 0 Å². The van der Waals surface area contributed by atoms with Crippen LogP contribution in [0, 0.1) is 23.3 Å². The molecular weight excluding hydrogens is 356 g/mol. The number of halogens is 4. The van der Waals surface area contributed by atoms with Gasteiger partial charge in [0.1, 0.15) is 6.61 Å². The highest BCUT2D eigenvalue weighted by molar-refractivity contribution is 5.65. The van der Waals surface area contributed by atoms with Crippen LogP contribution < -0.4 is 4.74 Å². The lowest BCUT2D eigenvalue weighted by atomic mass is 10.0. The topological polar surface area (TPSA) is 9.23 Å². The zero-order valence-electron chi connectivity index (χ0n) is 14.7. The van der Waals surface area contributed by atoms with Crippen LogP contribution in [0.1, 0.15) is 24.5 Å².